The first-order valence-corrected chi connectivity index (χ1v) is 9.88. The zero-order chi connectivity index (χ0) is 20.1. The van der Waals surface area contributed by atoms with E-state index < -0.39 is 21.6 Å². The Hall–Kier alpha value is -1.82. The van der Waals surface area contributed by atoms with Gasteiger partial charge in [0.25, 0.3) is 0 Å². The molecule has 0 fully saturated rings. The second-order valence-electron chi connectivity index (χ2n) is 5.89. The normalized spacial score (nSPS) is 12.2. The van der Waals surface area contributed by atoms with Gasteiger partial charge in [0, 0.05) is 26.4 Å². The summed E-state index contributed by atoms with van der Waals surface area (Å²) in [5.41, 5.74) is 0.616. The molecule has 0 aliphatic carbocycles. The van der Waals surface area contributed by atoms with Crippen LogP contribution in [0.25, 0.3) is 0 Å². The number of sulfone groups is 1. The third kappa shape index (κ3) is 7.30. The average Bonchev–Trinajstić information content (AvgIpc) is 2.61. The van der Waals surface area contributed by atoms with Crippen LogP contribution >= 0.6 is 24.0 Å². The number of benzene rings is 2. The molecule has 0 saturated heterocycles. The highest BCUT2D eigenvalue weighted by molar-refractivity contribution is 14.0. The summed E-state index contributed by atoms with van der Waals surface area (Å²) in [6.07, 6.45) is -3.24. The van der Waals surface area contributed by atoms with Crippen molar-refractivity contribution in [2.75, 3.05) is 13.3 Å². The van der Waals surface area contributed by atoms with E-state index in [0.29, 0.717) is 18.1 Å². The van der Waals surface area contributed by atoms with Crippen molar-refractivity contribution in [2.45, 2.75) is 24.2 Å². The molecule has 5 nitrogen and oxygen atoms in total. The molecule has 0 spiro atoms. The minimum Gasteiger partial charge on any atom is -0.352 e. The lowest BCUT2D eigenvalue weighted by atomic mass is 10.1. The number of halogens is 4. The van der Waals surface area contributed by atoms with Crippen LogP contribution < -0.4 is 10.6 Å². The highest BCUT2D eigenvalue weighted by Crippen LogP contribution is 2.29. The van der Waals surface area contributed by atoms with E-state index in [1.165, 1.54) is 18.2 Å². The molecule has 0 unspecified atom stereocenters. The van der Waals surface area contributed by atoms with Crippen LogP contribution in [0.15, 0.2) is 58.4 Å². The van der Waals surface area contributed by atoms with E-state index in [2.05, 4.69) is 15.6 Å². The maximum absolute atomic E-state index is 12.7. The van der Waals surface area contributed by atoms with Crippen LogP contribution in [0, 0.1) is 0 Å². The van der Waals surface area contributed by atoms with Crippen LogP contribution in [0.4, 0.5) is 13.2 Å². The lowest BCUT2D eigenvalue weighted by Gasteiger charge is -2.13. The minimum absolute atomic E-state index is 0. The molecule has 0 bridgehead atoms. The van der Waals surface area contributed by atoms with Crippen molar-refractivity contribution in [2.24, 2.45) is 4.99 Å². The Bertz CT molecular complexity index is 914. The van der Waals surface area contributed by atoms with Crippen LogP contribution in [0.5, 0.6) is 0 Å². The van der Waals surface area contributed by atoms with Gasteiger partial charge in [0.15, 0.2) is 15.8 Å². The van der Waals surface area contributed by atoms with Gasteiger partial charge < -0.3 is 10.6 Å². The molecular weight excluding hydrogens is 506 g/mol. The van der Waals surface area contributed by atoms with Crippen molar-refractivity contribution in [3.05, 3.63) is 65.2 Å². The second-order valence-corrected chi connectivity index (χ2v) is 7.91. The standard InChI is InChI=1S/C18H20F3N3O2S.HI/c1-22-17(23-11-13-6-8-16(9-7-13)27(2,25)26)24-12-14-4-3-5-15(10-14)18(19,20)21;/h3-10H,11-12H2,1-2H3,(H2,22,23,24);1H. The minimum atomic E-state index is -4.38. The number of rotatable bonds is 5. The molecule has 0 aliphatic rings. The highest BCUT2D eigenvalue weighted by atomic mass is 127. The van der Waals surface area contributed by atoms with E-state index in [-0.39, 0.29) is 35.4 Å². The van der Waals surface area contributed by atoms with Gasteiger partial charge in [-0.05, 0) is 35.4 Å². The van der Waals surface area contributed by atoms with Crippen LogP contribution in [-0.4, -0.2) is 27.7 Å². The SMILES string of the molecule is CN=C(NCc1ccc(S(C)(=O)=O)cc1)NCc1cccc(C(F)(F)F)c1.I. The van der Waals surface area contributed by atoms with Gasteiger partial charge >= 0.3 is 6.18 Å². The molecule has 0 radical (unpaired) electrons. The van der Waals surface area contributed by atoms with E-state index in [1.54, 1.807) is 25.2 Å². The molecule has 0 amide bonds. The molecule has 2 rings (SSSR count). The summed E-state index contributed by atoms with van der Waals surface area (Å²) in [5, 5.41) is 5.97. The zero-order valence-corrected chi connectivity index (χ0v) is 18.4. The number of nitrogens with zero attached hydrogens (tertiary/aromatic N) is 1. The lowest BCUT2D eigenvalue weighted by Crippen LogP contribution is -2.36. The summed E-state index contributed by atoms with van der Waals surface area (Å²) in [6, 6.07) is 11.5. The van der Waals surface area contributed by atoms with Crippen LogP contribution in [0.3, 0.4) is 0 Å². The monoisotopic (exact) mass is 527 g/mol. The predicted octanol–water partition coefficient (Wildman–Crippen LogP) is 3.59. The van der Waals surface area contributed by atoms with Crippen molar-refractivity contribution in [3.8, 4) is 0 Å². The number of hydrogen-bond donors (Lipinski definition) is 2. The number of aliphatic imine (C=N–C) groups is 1. The van der Waals surface area contributed by atoms with Crippen molar-refractivity contribution in [3.63, 3.8) is 0 Å². The molecule has 0 heterocycles. The molecule has 0 atom stereocenters. The lowest BCUT2D eigenvalue weighted by molar-refractivity contribution is -0.137. The Labute approximate surface area is 179 Å². The van der Waals surface area contributed by atoms with Crippen molar-refractivity contribution < 1.29 is 21.6 Å². The van der Waals surface area contributed by atoms with Crippen molar-refractivity contribution >= 4 is 39.8 Å². The molecule has 2 N–H and O–H groups in total. The molecule has 154 valence electrons. The molecule has 2 aromatic rings. The number of alkyl halides is 3. The molecule has 28 heavy (non-hydrogen) atoms. The smallest absolute Gasteiger partial charge is 0.352 e. The van der Waals surface area contributed by atoms with Gasteiger partial charge in [-0.15, -0.1) is 24.0 Å². The predicted molar refractivity (Wildman–Crippen MR) is 113 cm³/mol. The molecule has 0 aromatic heterocycles. The highest BCUT2D eigenvalue weighted by Gasteiger charge is 2.30. The maximum atomic E-state index is 12.7. The fraction of sp³-hybridized carbons (Fsp3) is 0.278. The first-order valence-electron chi connectivity index (χ1n) is 7.99. The Morgan fingerprint density at radius 3 is 2.07 bits per heavy atom. The summed E-state index contributed by atoms with van der Waals surface area (Å²) >= 11 is 0. The first-order chi connectivity index (χ1) is 12.6. The van der Waals surface area contributed by atoms with Gasteiger partial charge in [-0.3, -0.25) is 4.99 Å². The van der Waals surface area contributed by atoms with Crippen LogP contribution in [-0.2, 0) is 29.1 Å². The Morgan fingerprint density at radius 2 is 1.57 bits per heavy atom. The topological polar surface area (TPSA) is 70.6 Å². The molecule has 0 aliphatic heterocycles. The van der Waals surface area contributed by atoms with Gasteiger partial charge in [-0.2, -0.15) is 13.2 Å². The third-order valence-corrected chi connectivity index (χ3v) is 4.88. The Balaban J connectivity index is 0.00000392. The van der Waals surface area contributed by atoms with Crippen LogP contribution in [0.1, 0.15) is 16.7 Å². The fourth-order valence-electron chi connectivity index (χ4n) is 2.30. The molecule has 2 aromatic carbocycles. The van der Waals surface area contributed by atoms with Gasteiger partial charge in [0.2, 0.25) is 0 Å². The average molecular weight is 527 g/mol. The summed E-state index contributed by atoms with van der Waals surface area (Å²) < 4.78 is 61.1. The second kappa shape index (κ2) is 10.1. The number of nitrogens with one attached hydrogen (secondary N) is 2. The van der Waals surface area contributed by atoms with E-state index >= 15 is 0 Å². The summed E-state index contributed by atoms with van der Waals surface area (Å²) in [6.45, 7) is 0.558. The van der Waals surface area contributed by atoms with E-state index in [0.717, 1.165) is 24.0 Å². The quantitative estimate of drug-likeness (QED) is 0.355. The van der Waals surface area contributed by atoms with Crippen molar-refractivity contribution in [1.29, 1.82) is 0 Å². The summed E-state index contributed by atoms with van der Waals surface area (Å²) in [7, 11) is -1.70. The molecule has 0 saturated carbocycles. The largest absolute Gasteiger partial charge is 0.416 e. The first kappa shape index (κ1) is 24.2. The van der Waals surface area contributed by atoms with Crippen molar-refractivity contribution in [1.82, 2.24) is 10.6 Å². The van der Waals surface area contributed by atoms with Gasteiger partial charge in [0.05, 0.1) is 10.5 Å². The molecular formula is C18H21F3IN3O2S. The Morgan fingerprint density at radius 1 is 1.00 bits per heavy atom. The van der Waals surface area contributed by atoms with E-state index in [9.17, 15) is 21.6 Å². The zero-order valence-electron chi connectivity index (χ0n) is 15.2. The fourth-order valence-corrected chi connectivity index (χ4v) is 2.93. The number of guanidine groups is 1. The summed E-state index contributed by atoms with van der Waals surface area (Å²) in [4.78, 5) is 4.26. The third-order valence-electron chi connectivity index (χ3n) is 3.75. The van der Waals surface area contributed by atoms with Gasteiger partial charge in [-0.1, -0.05) is 24.3 Å². The van der Waals surface area contributed by atoms with Crippen LogP contribution in [0.2, 0.25) is 0 Å². The Kier molecular flexibility index (Phi) is 8.74. The number of hydrogen-bond acceptors (Lipinski definition) is 3. The van der Waals surface area contributed by atoms with E-state index in [4.69, 9.17) is 0 Å². The summed E-state index contributed by atoms with van der Waals surface area (Å²) in [5.74, 6) is 0.416. The van der Waals surface area contributed by atoms with E-state index in [1.807, 2.05) is 0 Å². The molecule has 10 heteroatoms. The van der Waals surface area contributed by atoms with Gasteiger partial charge in [0.1, 0.15) is 0 Å². The van der Waals surface area contributed by atoms with Gasteiger partial charge in [-0.25, -0.2) is 8.42 Å². The maximum Gasteiger partial charge on any atom is 0.416 e.